The molecule has 0 fully saturated rings. The van der Waals surface area contributed by atoms with Crippen LogP contribution in [0.5, 0.6) is 0 Å². The highest BCUT2D eigenvalue weighted by Gasteiger charge is 2.19. The molecule has 0 aliphatic heterocycles. The van der Waals surface area contributed by atoms with Crippen LogP contribution in [0.1, 0.15) is 10.5 Å². The largest absolute Gasteiger partial charge is 0.477 e. The monoisotopic (exact) mass is 227 g/mol. The van der Waals surface area contributed by atoms with E-state index in [1.807, 2.05) is 30.3 Å². The number of hydrogen-bond acceptors (Lipinski definition) is 2. The molecule has 0 saturated heterocycles. The van der Waals surface area contributed by atoms with Crippen molar-refractivity contribution in [3.63, 3.8) is 0 Å². The number of hydrogen-bond donors (Lipinski definition) is 2. The highest BCUT2D eigenvalue weighted by Crippen LogP contribution is 2.27. The fourth-order valence-electron chi connectivity index (χ4n) is 1.90. The second kappa shape index (κ2) is 3.48. The van der Waals surface area contributed by atoms with Gasteiger partial charge >= 0.3 is 5.97 Å². The first-order valence-corrected chi connectivity index (χ1v) is 5.11. The van der Waals surface area contributed by atoms with Crippen LogP contribution < -0.4 is 0 Å². The molecule has 2 aromatic heterocycles. The molecule has 17 heavy (non-hydrogen) atoms. The first-order chi connectivity index (χ1) is 8.27. The number of imidazole rings is 1. The summed E-state index contributed by atoms with van der Waals surface area (Å²) in [4.78, 5) is 15.4. The Morgan fingerprint density at radius 3 is 2.76 bits per heavy atom. The van der Waals surface area contributed by atoms with Crippen molar-refractivity contribution in [3.05, 3.63) is 48.4 Å². The number of carboxylic acids is 1. The fourth-order valence-corrected chi connectivity index (χ4v) is 1.90. The number of fused-ring (bicyclic) bond motifs is 1. The van der Waals surface area contributed by atoms with Gasteiger partial charge in [-0.3, -0.25) is 5.10 Å². The van der Waals surface area contributed by atoms with Crippen molar-refractivity contribution in [1.29, 1.82) is 0 Å². The number of aromatic carboxylic acids is 1. The van der Waals surface area contributed by atoms with Crippen LogP contribution in [0.15, 0.2) is 42.7 Å². The molecule has 0 aliphatic rings. The normalized spacial score (nSPS) is 10.8. The van der Waals surface area contributed by atoms with Crippen LogP contribution in [0, 0.1) is 0 Å². The first kappa shape index (κ1) is 9.65. The molecule has 0 spiro atoms. The van der Waals surface area contributed by atoms with E-state index < -0.39 is 5.97 Å². The zero-order valence-corrected chi connectivity index (χ0v) is 8.79. The average molecular weight is 227 g/mol. The van der Waals surface area contributed by atoms with Gasteiger partial charge in [-0.05, 0) is 5.56 Å². The first-order valence-electron chi connectivity index (χ1n) is 5.11. The summed E-state index contributed by atoms with van der Waals surface area (Å²) in [5.74, 6) is -0.991. The summed E-state index contributed by atoms with van der Waals surface area (Å²) >= 11 is 0. The van der Waals surface area contributed by atoms with Gasteiger partial charge in [-0.15, -0.1) is 0 Å². The molecule has 84 valence electrons. The Morgan fingerprint density at radius 1 is 1.29 bits per heavy atom. The van der Waals surface area contributed by atoms with Gasteiger partial charge in [0.15, 0.2) is 11.3 Å². The topological polar surface area (TPSA) is 70.4 Å². The Balaban J connectivity index is 2.36. The van der Waals surface area contributed by atoms with Crippen LogP contribution >= 0.6 is 0 Å². The summed E-state index contributed by atoms with van der Waals surface area (Å²) in [6.45, 7) is 0. The molecule has 0 amide bonds. The van der Waals surface area contributed by atoms with E-state index in [4.69, 9.17) is 0 Å². The molecular weight excluding hydrogens is 218 g/mol. The van der Waals surface area contributed by atoms with Gasteiger partial charge in [0.25, 0.3) is 0 Å². The van der Waals surface area contributed by atoms with Gasteiger partial charge in [0.05, 0.1) is 5.56 Å². The molecule has 3 aromatic rings. The van der Waals surface area contributed by atoms with Gasteiger partial charge in [-0.1, -0.05) is 30.3 Å². The highest BCUT2D eigenvalue weighted by molar-refractivity contribution is 5.98. The number of carboxylic acid groups (broad SMARTS) is 1. The zero-order chi connectivity index (χ0) is 11.8. The average Bonchev–Trinajstić information content (AvgIpc) is 2.89. The van der Waals surface area contributed by atoms with E-state index in [0.717, 1.165) is 5.56 Å². The van der Waals surface area contributed by atoms with Crippen molar-refractivity contribution < 1.29 is 9.90 Å². The maximum atomic E-state index is 11.2. The number of carbonyl (C=O) groups is 1. The highest BCUT2D eigenvalue weighted by atomic mass is 16.4. The third-order valence-corrected chi connectivity index (χ3v) is 2.62. The third kappa shape index (κ3) is 1.40. The van der Waals surface area contributed by atoms with E-state index in [1.165, 1.54) is 0 Å². The maximum Gasteiger partial charge on any atom is 0.354 e. The lowest BCUT2D eigenvalue weighted by molar-refractivity contribution is 0.0691. The Kier molecular flexibility index (Phi) is 1.98. The summed E-state index contributed by atoms with van der Waals surface area (Å²) in [5.41, 5.74) is 2.22. The lowest BCUT2D eigenvalue weighted by Gasteiger charge is -1.98. The summed E-state index contributed by atoms with van der Waals surface area (Å²) in [5, 5.41) is 12.0. The summed E-state index contributed by atoms with van der Waals surface area (Å²) in [7, 11) is 0. The minimum Gasteiger partial charge on any atom is -0.477 e. The zero-order valence-electron chi connectivity index (χ0n) is 8.79. The summed E-state index contributed by atoms with van der Waals surface area (Å²) in [6.07, 6.45) is 3.32. The number of nitrogens with zero attached hydrogens (tertiary/aromatic N) is 2. The lowest BCUT2D eigenvalue weighted by Crippen LogP contribution is -1.99. The van der Waals surface area contributed by atoms with Crippen LogP contribution in [-0.2, 0) is 0 Å². The van der Waals surface area contributed by atoms with Gasteiger partial charge in [0, 0.05) is 12.4 Å². The van der Waals surface area contributed by atoms with E-state index in [0.29, 0.717) is 11.2 Å². The van der Waals surface area contributed by atoms with Crippen LogP contribution in [0.2, 0.25) is 0 Å². The van der Waals surface area contributed by atoms with Crippen LogP contribution in [0.4, 0.5) is 0 Å². The number of H-pyrrole nitrogens is 1. The number of benzene rings is 1. The van der Waals surface area contributed by atoms with Crippen LogP contribution in [0.3, 0.4) is 0 Å². The summed E-state index contributed by atoms with van der Waals surface area (Å²) < 4.78 is 1.60. The molecule has 2 heterocycles. The molecule has 5 nitrogen and oxygen atoms in total. The molecular formula is C12H9N3O2. The Bertz CT molecular complexity index is 682. The van der Waals surface area contributed by atoms with E-state index in [1.54, 1.807) is 16.9 Å². The number of nitrogens with one attached hydrogen (secondary N) is 1. The number of aromatic amines is 1. The SMILES string of the molecule is O=C(O)c1[nH]n2ccnc2c1-c1ccccc1. The van der Waals surface area contributed by atoms with Gasteiger partial charge in [-0.2, -0.15) is 0 Å². The van der Waals surface area contributed by atoms with Crippen molar-refractivity contribution in [3.8, 4) is 11.1 Å². The molecule has 3 rings (SSSR count). The molecule has 0 unspecified atom stereocenters. The standard InChI is InChI=1S/C12H9N3O2/c16-12(17)10-9(8-4-2-1-3-5-8)11-13-6-7-15(11)14-10/h1-7,14H,(H,16,17). The van der Waals surface area contributed by atoms with Crippen molar-refractivity contribution in [2.45, 2.75) is 0 Å². The predicted octanol–water partition coefficient (Wildman–Crippen LogP) is 2.03. The predicted molar refractivity (Wildman–Crippen MR) is 61.9 cm³/mol. The van der Waals surface area contributed by atoms with Gasteiger partial charge in [-0.25, -0.2) is 14.3 Å². The molecule has 0 atom stereocenters. The van der Waals surface area contributed by atoms with Crippen molar-refractivity contribution in [2.24, 2.45) is 0 Å². The second-order valence-corrected chi connectivity index (χ2v) is 3.65. The Morgan fingerprint density at radius 2 is 2.06 bits per heavy atom. The lowest BCUT2D eigenvalue weighted by atomic mass is 10.1. The van der Waals surface area contributed by atoms with Crippen molar-refractivity contribution >= 4 is 11.6 Å². The van der Waals surface area contributed by atoms with E-state index >= 15 is 0 Å². The maximum absolute atomic E-state index is 11.2. The van der Waals surface area contributed by atoms with Crippen molar-refractivity contribution in [2.75, 3.05) is 0 Å². The second-order valence-electron chi connectivity index (χ2n) is 3.65. The minimum absolute atomic E-state index is 0.152. The van der Waals surface area contributed by atoms with Crippen molar-refractivity contribution in [1.82, 2.24) is 14.6 Å². The van der Waals surface area contributed by atoms with E-state index in [-0.39, 0.29) is 5.69 Å². The fraction of sp³-hybridized carbons (Fsp3) is 0. The number of aromatic nitrogens is 3. The smallest absolute Gasteiger partial charge is 0.354 e. The Labute approximate surface area is 96.3 Å². The van der Waals surface area contributed by atoms with Crippen LogP contribution in [0.25, 0.3) is 16.8 Å². The molecule has 5 heteroatoms. The molecule has 0 radical (unpaired) electrons. The molecule has 0 saturated carbocycles. The van der Waals surface area contributed by atoms with E-state index in [9.17, 15) is 9.90 Å². The molecule has 1 aromatic carbocycles. The van der Waals surface area contributed by atoms with E-state index in [2.05, 4.69) is 10.1 Å². The molecule has 0 aliphatic carbocycles. The number of rotatable bonds is 2. The van der Waals surface area contributed by atoms with Crippen LogP contribution in [-0.4, -0.2) is 25.7 Å². The summed E-state index contributed by atoms with van der Waals surface area (Å²) in [6, 6.07) is 9.36. The Hall–Kier alpha value is -2.56. The van der Waals surface area contributed by atoms with Gasteiger partial charge in [0.2, 0.25) is 0 Å². The molecule has 0 bridgehead atoms. The minimum atomic E-state index is -0.991. The molecule has 2 N–H and O–H groups in total. The van der Waals surface area contributed by atoms with Gasteiger partial charge < -0.3 is 5.11 Å². The third-order valence-electron chi connectivity index (χ3n) is 2.62. The quantitative estimate of drug-likeness (QED) is 0.703. The van der Waals surface area contributed by atoms with Gasteiger partial charge in [0.1, 0.15) is 0 Å².